The van der Waals surface area contributed by atoms with E-state index in [9.17, 15) is 4.57 Å². The summed E-state index contributed by atoms with van der Waals surface area (Å²) in [4.78, 5) is 4.21. The normalized spacial score (nSPS) is 14.1. The van der Waals surface area contributed by atoms with Gasteiger partial charge in [-0.2, -0.15) is 4.98 Å². The van der Waals surface area contributed by atoms with Crippen LogP contribution in [0.15, 0.2) is 4.52 Å². The SMILES string of the molecule is CCN[P+](=O)SC(OC)c1nc(C(C)C)no1. The third-order valence-electron chi connectivity index (χ3n) is 1.87. The Kier molecular flexibility index (Phi) is 6.05. The van der Waals surface area contributed by atoms with E-state index in [1.165, 1.54) is 7.11 Å². The molecule has 0 fully saturated rings. The lowest BCUT2D eigenvalue weighted by atomic mass is 10.2. The van der Waals surface area contributed by atoms with Crippen LogP contribution in [0.5, 0.6) is 0 Å². The van der Waals surface area contributed by atoms with Crippen LogP contribution in [0.2, 0.25) is 0 Å². The highest BCUT2D eigenvalue weighted by atomic mass is 32.7. The maximum absolute atomic E-state index is 11.6. The van der Waals surface area contributed by atoms with Crippen LogP contribution in [0.25, 0.3) is 0 Å². The Morgan fingerprint density at radius 3 is 2.76 bits per heavy atom. The molecule has 1 aromatic heterocycles. The molecule has 0 saturated heterocycles. The summed E-state index contributed by atoms with van der Waals surface area (Å²) in [6, 6.07) is 0. The van der Waals surface area contributed by atoms with Gasteiger partial charge in [0, 0.05) is 19.6 Å². The predicted molar refractivity (Wildman–Crippen MR) is 67.0 cm³/mol. The van der Waals surface area contributed by atoms with Crippen molar-refractivity contribution in [3.05, 3.63) is 11.7 Å². The molecule has 0 bridgehead atoms. The molecule has 1 heterocycles. The molecule has 96 valence electrons. The number of aromatic nitrogens is 2. The Labute approximate surface area is 105 Å². The molecule has 6 nitrogen and oxygen atoms in total. The second kappa shape index (κ2) is 7.06. The van der Waals surface area contributed by atoms with Crippen molar-refractivity contribution in [1.29, 1.82) is 0 Å². The van der Waals surface area contributed by atoms with Crippen LogP contribution in [-0.2, 0) is 9.30 Å². The third-order valence-corrected chi connectivity index (χ3v) is 4.76. The summed E-state index contributed by atoms with van der Waals surface area (Å²) in [5.74, 6) is 1.17. The van der Waals surface area contributed by atoms with Crippen LogP contribution >= 0.6 is 18.5 Å². The highest BCUT2D eigenvalue weighted by Crippen LogP contribution is 2.45. The standard InChI is InChI=1S/C9H17N3O3PS/c1-5-10-16(13)17-9(14-4)8-11-7(6(2)3)12-15-8/h6,9H,5H2,1-4H3,(H,10,13)/q+1. The molecule has 0 amide bonds. The fourth-order valence-corrected chi connectivity index (χ4v) is 3.46. The van der Waals surface area contributed by atoms with Gasteiger partial charge in [-0.15, -0.1) is 0 Å². The average molecular weight is 278 g/mol. The van der Waals surface area contributed by atoms with E-state index in [1.54, 1.807) is 0 Å². The van der Waals surface area contributed by atoms with Crippen LogP contribution in [0.4, 0.5) is 0 Å². The first-order chi connectivity index (χ1) is 8.08. The van der Waals surface area contributed by atoms with Crippen LogP contribution in [0.1, 0.15) is 43.8 Å². The lowest BCUT2D eigenvalue weighted by Crippen LogP contribution is -2.02. The summed E-state index contributed by atoms with van der Waals surface area (Å²) in [5, 5.41) is 6.66. The van der Waals surface area contributed by atoms with Crippen molar-refractivity contribution in [2.45, 2.75) is 32.1 Å². The second-order valence-corrected chi connectivity index (χ2v) is 6.68. The minimum absolute atomic E-state index is 0.192. The molecule has 0 spiro atoms. The zero-order chi connectivity index (χ0) is 12.8. The van der Waals surface area contributed by atoms with E-state index in [-0.39, 0.29) is 5.92 Å². The fourth-order valence-electron chi connectivity index (χ4n) is 1.02. The number of rotatable bonds is 7. The molecule has 0 saturated carbocycles. The summed E-state index contributed by atoms with van der Waals surface area (Å²) in [6.07, 6.45) is 0. The molecule has 1 N–H and O–H groups in total. The minimum atomic E-state index is -1.59. The van der Waals surface area contributed by atoms with Gasteiger partial charge < -0.3 is 9.26 Å². The zero-order valence-corrected chi connectivity index (χ0v) is 12.0. The molecular formula is C9H17N3O3PS+. The van der Waals surface area contributed by atoms with Gasteiger partial charge in [-0.3, -0.25) is 0 Å². The number of methoxy groups -OCH3 is 1. The fraction of sp³-hybridized carbons (Fsp3) is 0.778. The van der Waals surface area contributed by atoms with E-state index in [0.29, 0.717) is 18.3 Å². The lowest BCUT2D eigenvalue weighted by molar-refractivity contribution is 0.143. The molecule has 2 unspecified atom stereocenters. The molecule has 0 aliphatic rings. The summed E-state index contributed by atoms with van der Waals surface area (Å²) in [6.45, 7) is 6.48. The molecule has 1 rings (SSSR count). The van der Waals surface area contributed by atoms with Gasteiger partial charge in [-0.05, 0) is 11.5 Å². The second-order valence-electron chi connectivity index (χ2n) is 3.59. The van der Waals surface area contributed by atoms with Gasteiger partial charge in [0.25, 0.3) is 5.89 Å². The Morgan fingerprint density at radius 2 is 2.29 bits per heavy atom. The summed E-state index contributed by atoms with van der Waals surface area (Å²) >= 11 is 1.13. The lowest BCUT2D eigenvalue weighted by Gasteiger charge is -2.01. The van der Waals surface area contributed by atoms with Crippen LogP contribution < -0.4 is 5.09 Å². The molecule has 0 aliphatic carbocycles. The number of hydrogen-bond donors (Lipinski definition) is 1. The van der Waals surface area contributed by atoms with Gasteiger partial charge in [-0.25, -0.2) is 0 Å². The molecule has 0 aliphatic heterocycles. The minimum Gasteiger partial charge on any atom is -0.358 e. The maximum atomic E-state index is 11.6. The van der Waals surface area contributed by atoms with Crippen molar-refractivity contribution in [3.8, 4) is 0 Å². The maximum Gasteiger partial charge on any atom is 0.510 e. The van der Waals surface area contributed by atoms with E-state index < -0.39 is 12.6 Å². The molecule has 8 heteroatoms. The number of nitrogens with one attached hydrogen (secondary N) is 1. The summed E-state index contributed by atoms with van der Waals surface area (Å²) < 4.78 is 21.8. The largest absolute Gasteiger partial charge is 0.510 e. The van der Waals surface area contributed by atoms with E-state index in [4.69, 9.17) is 9.26 Å². The van der Waals surface area contributed by atoms with Gasteiger partial charge in [-0.1, -0.05) is 24.1 Å². The summed E-state index contributed by atoms with van der Waals surface area (Å²) in [5.41, 5.74) is -0.502. The molecule has 17 heavy (non-hydrogen) atoms. The monoisotopic (exact) mass is 278 g/mol. The van der Waals surface area contributed by atoms with Crippen molar-refractivity contribution in [3.63, 3.8) is 0 Å². The van der Waals surface area contributed by atoms with Crippen molar-refractivity contribution in [1.82, 2.24) is 15.2 Å². The molecule has 2 atom stereocenters. The predicted octanol–water partition coefficient (Wildman–Crippen LogP) is 2.84. The molecular weight excluding hydrogens is 261 g/mol. The number of hydrogen-bond acceptors (Lipinski definition) is 6. The Hall–Kier alpha value is -0.490. The molecule has 1 aromatic rings. The van der Waals surface area contributed by atoms with E-state index in [1.807, 2.05) is 20.8 Å². The average Bonchev–Trinajstić information content (AvgIpc) is 2.75. The number of nitrogens with zero attached hydrogens (tertiary/aromatic N) is 2. The smallest absolute Gasteiger partial charge is 0.358 e. The van der Waals surface area contributed by atoms with Crippen molar-refractivity contribution < 1.29 is 13.8 Å². The van der Waals surface area contributed by atoms with E-state index in [0.717, 1.165) is 11.4 Å². The van der Waals surface area contributed by atoms with Crippen molar-refractivity contribution >= 4 is 18.5 Å². The first-order valence-electron chi connectivity index (χ1n) is 5.32. The van der Waals surface area contributed by atoms with Crippen molar-refractivity contribution in [2.24, 2.45) is 0 Å². The van der Waals surface area contributed by atoms with Crippen LogP contribution in [0, 0.1) is 0 Å². The van der Waals surface area contributed by atoms with Gasteiger partial charge in [0.15, 0.2) is 17.2 Å². The van der Waals surface area contributed by atoms with Gasteiger partial charge in [0.05, 0.1) is 0 Å². The Balaban J connectivity index is 2.68. The van der Waals surface area contributed by atoms with E-state index >= 15 is 0 Å². The molecule has 0 aromatic carbocycles. The van der Waals surface area contributed by atoms with Crippen LogP contribution in [0.3, 0.4) is 0 Å². The van der Waals surface area contributed by atoms with Crippen LogP contribution in [-0.4, -0.2) is 23.8 Å². The highest BCUT2D eigenvalue weighted by molar-refractivity contribution is 8.51. The highest BCUT2D eigenvalue weighted by Gasteiger charge is 2.31. The van der Waals surface area contributed by atoms with Crippen molar-refractivity contribution in [2.75, 3.05) is 13.7 Å². The van der Waals surface area contributed by atoms with E-state index in [2.05, 4.69) is 15.2 Å². The number of ether oxygens (including phenoxy) is 1. The zero-order valence-electron chi connectivity index (χ0n) is 10.3. The van der Waals surface area contributed by atoms with Gasteiger partial charge in [0.1, 0.15) is 0 Å². The Bertz CT molecular complexity index is 372. The first-order valence-corrected chi connectivity index (χ1v) is 8.06. The van der Waals surface area contributed by atoms with Gasteiger partial charge >= 0.3 is 7.15 Å². The third kappa shape index (κ3) is 4.35. The topological polar surface area (TPSA) is 77.2 Å². The molecule has 0 radical (unpaired) electrons. The quantitative estimate of drug-likeness (QED) is 0.607. The Morgan fingerprint density at radius 1 is 1.59 bits per heavy atom. The first kappa shape index (κ1) is 14.6. The van der Waals surface area contributed by atoms with Gasteiger partial charge in [0.2, 0.25) is 5.44 Å². The summed E-state index contributed by atoms with van der Waals surface area (Å²) in [7, 11) is -0.0718.